The average Bonchev–Trinajstić information content (AvgIpc) is 1.83. The summed E-state index contributed by atoms with van der Waals surface area (Å²) in [5, 5.41) is 8.45. The normalized spacial score (nSPS) is 13.9. The van der Waals surface area contributed by atoms with E-state index in [9.17, 15) is 0 Å². The van der Waals surface area contributed by atoms with Crippen LogP contribution in [0.1, 0.15) is 0 Å². The van der Waals surface area contributed by atoms with Gasteiger partial charge in [-0.3, -0.25) is 0 Å². The molecule has 0 spiro atoms. The van der Waals surface area contributed by atoms with E-state index in [1.54, 1.807) is 14.2 Å². The molecule has 0 aromatic heterocycles. The monoisotopic (exact) mass is 120 g/mol. The van der Waals surface area contributed by atoms with Gasteiger partial charge in [-0.15, -0.1) is 0 Å². The first-order valence-electron chi connectivity index (χ1n) is 2.47. The van der Waals surface area contributed by atoms with Crippen molar-refractivity contribution in [2.24, 2.45) is 0 Å². The number of ether oxygens (including phenoxy) is 2. The van der Waals surface area contributed by atoms with E-state index < -0.39 is 0 Å². The molecule has 0 heterocycles. The summed E-state index contributed by atoms with van der Waals surface area (Å²) < 4.78 is 9.47. The van der Waals surface area contributed by atoms with E-state index in [1.807, 2.05) is 0 Å². The second kappa shape index (κ2) is 5.03. The van der Waals surface area contributed by atoms with Crippen molar-refractivity contribution in [3.63, 3.8) is 0 Å². The van der Waals surface area contributed by atoms with Gasteiger partial charge in [0.25, 0.3) is 0 Å². The van der Waals surface area contributed by atoms with Gasteiger partial charge in [-0.2, -0.15) is 0 Å². The third kappa shape index (κ3) is 2.96. The maximum absolute atomic E-state index is 8.45. The summed E-state index contributed by atoms with van der Waals surface area (Å²) in [5.41, 5.74) is 0. The highest BCUT2D eigenvalue weighted by Gasteiger charge is 2.01. The Morgan fingerprint density at radius 2 is 2.12 bits per heavy atom. The Kier molecular flexibility index (Phi) is 4.95. The lowest BCUT2D eigenvalue weighted by molar-refractivity contribution is -0.00534. The van der Waals surface area contributed by atoms with Crippen LogP contribution in [0.3, 0.4) is 0 Å². The standard InChI is InChI=1S/C5H12O3/c1-7-4-5(3-6)8-2/h5-6H,3-4H2,1-2H3. The SMILES string of the molecule is COCC(CO)OC. The van der Waals surface area contributed by atoms with Gasteiger partial charge in [0, 0.05) is 14.2 Å². The van der Waals surface area contributed by atoms with Gasteiger partial charge >= 0.3 is 0 Å². The average molecular weight is 120 g/mol. The molecule has 0 rings (SSSR count). The van der Waals surface area contributed by atoms with Crippen LogP contribution in [0.2, 0.25) is 0 Å². The second-order valence-corrected chi connectivity index (χ2v) is 1.50. The summed E-state index contributed by atoms with van der Waals surface area (Å²) in [6.07, 6.45) is -0.167. The van der Waals surface area contributed by atoms with Gasteiger partial charge in [-0.1, -0.05) is 0 Å². The molecule has 1 unspecified atom stereocenters. The molecular weight excluding hydrogens is 108 g/mol. The summed E-state index contributed by atoms with van der Waals surface area (Å²) in [4.78, 5) is 0. The molecule has 3 nitrogen and oxygen atoms in total. The van der Waals surface area contributed by atoms with E-state index in [-0.39, 0.29) is 12.7 Å². The number of aliphatic hydroxyl groups is 1. The molecule has 0 aliphatic carbocycles. The van der Waals surface area contributed by atoms with Crippen LogP contribution in [0, 0.1) is 0 Å². The molecule has 0 bridgehead atoms. The first-order valence-corrected chi connectivity index (χ1v) is 2.47. The van der Waals surface area contributed by atoms with Crippen molar-refractivity contribution in [1.29, 1.82) is 0 Å². The quantitative estimate of drug-likeness (QED) is 0.550. The zero-order valence-electron chi connectivity index (χ0n) is 5.26. The number of hydrogen-bond acceptors (Lipinski definition) is 3. The minimum atomic E-state index is -0.167. The summed E-state index contributed by atoms with van der Waals surface area (Å²) in [6.45, 7) is 0.470. The van der Waals surface area contributed by atoms with E-state index in [0.717, 1.165) is 0 Å². The zero-order valence-corrected chi connectivity index (χ0v) is 5.26. The maximum atomic E-state index is 8.45. The van der Waals surface area contributed by atoms with Crippen molar-refractivity contribution in [3.05, 3.63) is 0 Å². The molecule has 0 aliphatic rings. The lowest BCUT2D eigenvalue weighted by atomic mass is 10.4. The molecule has 0 aromatic carbocycles. The Morgan fingerprint density at radius 1 is 1.50 bits per heavy atom. The van der Waals surface area contributed by atoms with E-state index >= 15 is 0 Å². The van der Waals surface area contributed by atoms with Crippen LogP contribution in [0.25, 0.3) is 0 Å². The van der Waals surface area contributed by atoms with Crippen molar-refractivity contribution in [3.8, 4) is 0 Å². The summed E-state index contributed by atoms with van der Waals surface area (Å²) in [5.74, 6) is 0. The molecule has 0 aromatic rings. The fourth-order valence-electron chi connectivity index (χ4n) is 0.381. The Labute approximate surface area is 49.2 Å². The summed E-state index contributed by atoms with van der Waals surface area (Å²) in [6, 6.07) is 0. The third-order valence-corrected chi connectivity index (χ3v) is 0.890. The number of hydrogen-bond donors (Lipinski definition) is 1. The Hall–Kier alpha value is -0.120. The van der Waals surface area contributed by atoms with Crippen molar-refractivity contribution >= 4 is 0 Å². The topological polar surface area (TPSA) is 38.7 Å². The largest absolute Gasteiger partial charge is 0.394 e. The minimum absolute atomic E-state index is 0.0182. The van der Waals surface area contributed by atoms with Gasteiger partial charge in [0.15, 0.2) is 0 Å². The van der Waals surface area contributed by atoms with Gasteiger partial charge < -0.3 is 14.6 Å². The van der Waals surface area contributed by atoms with Crippen molar-refractivity contribution in [2.45, 2.75) is 6.10 Å². The van der Waals surface area contributed by atoms with E-state index in [0.29, 0.717) is 6.61 Å². The zero-order chi connectivity index (χ0) is 6.41. The molecule has 0 fully saturated rings. The van der Waals surface area contributed by atoms with Gasteiger partial charge in [-0.05, 0) is 0 Å². The molecule has 3 heteroatoms. The van der Waals surface area contributed by atoms with Crippen LogP contribution in [-0.2, 0) is 9.47 Å². The molecule has 1 N–H and O–H groups in total. The highest BCUT2D eigenvalue weighted by molar-refractivity contribution is 4.49. The molecule has 0 saturated heterocycles. The Bertz CT molecular complexity index is 42.9. The van der Waals surface area contributed by atoms with Crippen LogP contribution in [-0.4, -0.2) is 38.6 Å². The molecular formula is C5H12O3. The van der Waals surface area contributed by atoms with E-state index in [1.165, 1.54) is 0 Å². The molecule has 0 amide bonds. The molecule has 0 aliphatic heterocycles. The molecule has 8 heavy (non-hydrogen) atoms. The Morgan fingerprint density at radius 3 is 2.25 bits per heavy atom. The van der Waals surface area contributed by atoms with Gasteiger partial charge in [0.2, 0.25) is 0 Å². The van der Waals surface area contributed by atoms with Crippen LogP contribution >= 0.6 is 0 Å². The van der Waals surface area contributed by atoms with Crippen molar-refractivity contribution in [2.75, 3.05) is 27.4 Å². The highest BCUT2D eigenvalue weighted by atomic mass is 16.5. The van der Waals surface area contributed by atoms with Crippen LogP contribution in [0.4, 0.5) is 0 Å². The third-order valence-electron chi connectivity index (χ3n) is 0.890. The summed E-state index contributed by atoms with van der Waals surface area (Å²) in [7, 11) is 3.11. The summed E-state index contributed by atoms with van der Waals surface area (Å²) >= 11 is 0. The van der Waals surface area contributed by atoms with Gasteiger partial charge in [0.1, 0.15) is 6.10 Å². The molecule has 0 saturated carbocycles. The van der Waals surface area contributed by atoms with Crippen LogP contribution in [0.5, 0.6) is 0 Å². The predicted molar refractivity (Wildman–Crippen MR) is 29.8 cm³/mol. The number of methoxy groups -OCH3 is 2. The fourth-order valence-corrected chi connectivity index (χ4v) is 0.381. The highest BCUT2D eigenvalue weighted by Crippen LogP contribution is 1.86. The van der Waals surface area contributed by atoms with Crippen molar-refractivity contribution < 1.29 is 14.6 Å². The van der Waals surface area contributed by atoms with E-state index in [2.05, 4.69) is 0 Å². The van der Waals surface area contributed by atoms with Gasteiger partial charge in [0.05, 0.1) is 13.2 Å². The minimum Gasteiger partial charge on any atom is -0.394 e. The Balaban J connectivity index is 3.07. The molecule has 50 valence electrons. The number of rotatable bonds is 4. The van der Waals surface area contributed by atoms with Crippen molar-refractivity contribution in [1.82, 2.24) is 0 Å². The lowest BCUT2D eigenvalue weighted by Crippen LogP contribution is -2.21. The molecule has 1 atom stereocenters. The lowest BCUT2D eigenvalue weighted by Gasteiger charge is -2.08. The van der Waals surface area contributed by atoms with Crippen LogP contribution in [0.15, 0.2) is 0 Å². The predicted octanol–water partition coefficient (Wildman–Crippen LogP) is -0.360. The maximum Gasteiger partial charge on any atom is 0.103 e. The smallest absolute Gasteiger partial charge is 0.103 e. The fraction of sp³-hybridized carbons (Fsp3) is 1.00. The first-order chi connectivity index (χ1) is 3.85. The van der Waals surface area contributed by atoms with Crippen LogP contribution < -0.4 is 0 Å². The van der Waals surface area contributed by atoms with Gasteiger partial charge in [-0.25, -0.2) is 0 Å². The number of aliphatic hydroxyl groups excluding tert-OH is 1. The van der Waals surface area contributed by atoms with E-state index in [4.69, 9.17) is 14.6 Å². The molecule has 0 radical (unpaired) electrons. The second-order valence-electron chi connectivity index (χ2n) is 1.50. The first kappa shape index (κ1) is 7.88.